The summed E-state index contributed by atoms with van der Waals surface area (Å²) in [6, 6.07) is 2.01. The van der Waals surface area contributed by atoms with E-state index in [-0.39, 0.29) is 17.9 Å². The average molecular weight is 218 g/mol. The van der Waals surface area contributed by atoms with Crippen LogP contribution in [-0.4, -0.2) is 11.9 Å². The van der Waals surface area contributed by atoms with Gasteiger partial charge in [0, 0.05) is 5.92 Å². The van der Waals surface area contributed by atoms with Gasteiger partial charge in [0.25, 0.3) is 0 Å². The number of hydrogen-bond donors (Lipinski definition) is 1. The number of nitrogens with zero attached hydrogens (tertiary/aromatic N) is 1. The van der Waals surface area contributed by atoms with Gasteiger partial charge in [0.05, 0.1) is 6.07 Å². The summed E-state index contributed by atoms with van der Waals surface area (Å²) < 4.78 is 0. The van der Waals surface area contributed by atoms with Crippen LogP contribution in [0.15, 0.2) is 0 Å². The Balaban J connectivity index is 1.59. The Morgan fingerprint density at radius 1 is 1.25 bits per heavy atom. The second kappa shape index (κ2) is 3.76. The molecule has 0 aromatic carbocycles. The van der Waals surface area contributed by atoms with Gasteiger partial charge in [-0.1, -0.05) is 6.42 Å². The van der Waals surface area contributed by atoms with Gasteiger partial charge in [-0.3, -0.25) is 4.79 Å². The number of carbonyl (C=O) groups is 1. The number of hydrogen-bond acceptors (Lipinski definition) is 2. The molecule has 3 heteroatoms. The summed E-state index contributed by atoms with van der Waals surface area (Å²) in [5.74, 6) is 2.22. The highest BCUT2D eigenvalue weighted by Gasteiger charge is 2.44. The van der Waals surface area contributed by atoms with E-state index >= 15 is 0 Å². The van der Waals surface area contributed by atoms with Crippen molar-refractivity contribution in [2.75, 3.05) is 0 Å². The molecular formula is C13H18N2O. The molecule has 4 atom stereocenters. The predicted molar refractivity (Wildman–Crippen MR) is 59.2 cm³/mol. The van der Waals surface area contributed by atoms with E-state index in [9.17, 15) is 4.79 Å². The molecule has 3 aliphatic rings. The lowest BCUT2D eigenvalue weighted by Crippen LogP contribution is -2.40. The molecule has 3 rings (SSSR count). The zero-order valence-electron chi connectivity index (χ0n) is 9.48. The summed E-state index contributed by atoms with van der Waals surface area (Å²) in [7, 11) is 0. The Morgan fingerprint density at radius 3 is 2.56 bits per heavy atom. The van der Waals surface area contributed by atoms with Gasteiger partial charge >= 0.3 is 0 Å². The molecule has 16 heavy (non-hydrogen) atoms. The van der Waals surface area contributed by atoms with E-state index < -0.39 is 0 Å². The summed E-state index contributed by atoms with van der Waals surface area (Å²) in [6.07, 6.45) is 7.07. The Bertz CT molecular complexity index is 342. The summed E-state index contributed by atoms with van der Waals surface area (Å²) in [4.78, 5) is 12.1. The van der Waals surface area contributed by atoms with Crippen molar-refractivity contribution in [3.63, 3.8) is 0 Å². The molecule has 3 aliphatic carbocycles. The van der Waals surface area contributed by atoms with Gasteiger partial charge in [-0.05, 0) is 49.9 Å². The van der Waals surface area contributed by atoms with Crippen molar-refractivity contribution in [1.29, 1.82) is 5.26 Å². The number of fused-ring (bicyclic) bond motifs is 2. The van der Waals surface area contributed by atoms with Crippen molar-refractivity contribution in [1.82, 2.24) is 5.32 Å². The minimum atomic E-state index is -0.216. The minimum Gasteiger partial charge on any atom is -0.340 e. The van der Waals surface area contributed by atoms with Gasteiger partial charge in [0.15, 0.2) is 0 Å². The maximum atomic E-state index is 12.1. The molecule has 1 N–H and O–H groups in total. The van der Waals surface area contributed by atoms with Crippen molar-refractivity contribution in [2.24, 2.45) is 23.7 Å². The van der Waals surface area contributed by atoms with E-state index in [1.54, 1.807) is 0 Å². The van der Waals surface area contributed by atoms with Crippen molar-refractivity contribution in [3.8, 4) is 6.07 Å². The van der Waals surface area contributed by atoms with Crippen molar-refractivity contribution >= 4 is 5.91 Å². The number of nitrogens with one attached hydrogen (secondary N) is 1. The number of carbonyl (C=O) groups excluding carboxylic acids is 1. The lowest BCUT2D eigenvalue weighted by Gasteiger charge is -2.22. The molecule has 3 nitrogen and oxygen atoms in total. The van der Waals surface area contributed by atoms with Crippen LogP contribution in [0, 0.1) is 35.0 Å². The topological polar surface area (TPSA) is 52.9 Å². The van der Waals surface area contributed by atoms with Crippen LogP contribution in [0.4, 0.5) is 0 Å². The fraction of sp³-hybridized carbons (Fsp3) is 0.846. The fourth-order valence-corrected chi connectivity index (χ4v) is 3.51. The van der Waals surface area contributed by atoms with Crippen LogP contribution in [0.1, 0.15) is 38.5 Å². The molecule has 0 saturated heterocycles. The average Bonchev–Trinajstić information content (AvgIpc) is 2.92. The van der Waals surface area contributed by atoms with Crippen LogP contribution in [0.25, 0.3) is 0 Å². The molecule has 4 unspecified atom stereocenters. The zero-order chi connectivity index (χ0) is 11.1. The molecule has 1 amide bonds. The first kappa shape index (κ1) is 10.1. The molecule has 0 aliphatic heterocycles. The fourth-order valence-electron chi connectivity index (χ4n) is 3.51. The van der Waals surface area contributed by atoms with Crippen molar-refractivity contribution < 1.29 is 4.79 Å². The van der Waals surface area contributed by atoms with Crippen LogP contribution in [0.2, 0.25) is 0 Å². The normalized spacial score (nSPS) is 38.1. The van der Waals surface area contributed by atoms with E-state index in [1.807, 2.05) is 0 Å². The van der Waals surface area contributed by atoms with Gasteiger partial charge < -0.3 is 5.32 Å². The Morgan fingerprint density at radius 2 is 2.06 bits per heavy atom. The summed E-state index contributed by atoms with van der Waals surface area (Å²) in [6.45, 7) is 0. The number of amides is 1. The Hall–Kier alpha value is -1.04. The standard InChI is InChI=1S/C13H18N2O/c14-7-12(9-3-4-9)15-13(16)11-6-8-1-2-10(11)5-8/h8-12H,1-6H2,(H,15,16). The van der Waals surface area contributed by atoms with E-state index in [2.05, 4.69) is 11.4 Å². The van der Waals surface area contributed by atoms with E-state index in [0.717, 1.165) is 25.2 Å². The molecular weight excluding hydrogens is 200 g/mol. The molecule has 86 valence electrons. The summed E-state index contributed by atoms with van der Waals surface area (Å²) in [5, 5.41) is 12.0. The van der Waals surface area contributed by atoms with E-state index in [0.29, 0.717) is 11.8 Å². The molecule has 0 aromatic rings. The highest BCUT2D eigenvalue weighted by atomic mass is 16.2. The summed E-state index contributed by atoms with van der Waals surface area (Å²) in [5.41, 5.74) is 0. The predicted octanol–water partition coefficient (Wildman–Crippen LogP) is 1.84. The van der Waals surface area contributed by atoms with Crippen LogP contribution < -0.4 is 5.32 Å². The van der Waals surface area contributed by atoms with Gasteiger partial charge in [0.2, 0.25) is 5.91 Å². The molecule has 2 bridgehead atoms. The van der Waals surface area contributed by atoms with Crippen LogP contribution in [0.5, 0.6) is 0 Å². The molecule has 0 spiro atoms. The quantitative estimate of drug-likeness (QED) is 0.785. The molecule has 0 aromatic heterocycles. The second-order valence-corrected chi connectivity index (χ2v) is 5.73. The molecule has 0 heterocycles. The second-order valence-electron chi connectivity index (χ2n) is 5.73. The zero-order valence-corrected chi connectivity index (χ0v) is 9.48. The molecule has 3 fully saturated rings. The lowest BCUT2D eigenvalue weighted by atomic mass is 9.88. The maximum absolute atomic E-state index is 12.1. The smallest absolute Gasteiger partial charge is 0.224 e. The monoisotopic (exact) mass is 218 g/mol. The Labute approximate surface area is 96.2 Å². The van der Waals surface area contributed by atoms with Gasteiger partial charge in [-0.15, -0.1) is 0 Å². The third kappa shape index (κ3) is 1.71. The maximum Gasteiger partial charge on any atom is 0.224 e. The minimum absolute atomic E-state index is 0.158. The number of rotatable bonds is 3. The van der Waals surface area contributed by atoms with E-state index in [4.69, 9.17) is 5.26 Å². The molecule has 0 radical (unpaired) electrons. The van der Waals surface area contributed by atoms with Gasteiger partial charge in [0.1, 0.15) is 6.04 Å². The van der Waals surface area contributed by atoms with E-state index in [1.165, 1.54) is 19.3 Å². The van der Waals surface area contributed by atoms with Crippen LogP contribution in [-0.2, 0) is 4.79 Å². The van der Waals surface area contributed by atoms with Gasteiger partial charge in [-0.2, -0.15) is 5.26 Å². The first-order valence-corrected chi connectivity index (χ1v) is 6.48. The largest absolute Gasteiger partial charge is 0.340 e. The highest BCUT2D eigenvalue weighted by molar-refractivity contribution is 5.80. The lowest BCUT2D eigenvalue weighted by molar-refractivity contribution is -0.127. The first-order valence-electron chi connectivity index (χ1n) is 6.48. The third-order valence-electron chi connectivity index (χ3n) is 4.61. The first-order chi connectivity index (χ1) is 7.78. The molecule has 3 saturated carbocycles. The number of nitriles is 1. The highest BCUT2D eigenvalue weighted by Crippen LogP contribution is 2.48. The van der Waals surface area contributed by atoms with Crippen LogP contribution >= 0.6 is 0 Å². The van der Waals surface area contributed by atoms with Crippen molar-refractivity contribution in [3.05, 3.63) is 0 Å². The van der Waals surface area contributed by atoms with Crippen LogP contribution in [0.3, 0.4) is 0 Å². The van der Waals surface area contributed by atoms with Gasteiger partial charge in [-0.25, -0.2) is 0 Å². The summed E-state index contributed by atoms with van der Waals surface area (Å²) >= 11 is 0. The SMILES string of the molecule is N#CC(NC(=O)C1CC2CCC1C2)C1CC1. The van der Waals surface area contributed by atoms with Crippen molar-refractivity contribution in [2.45, 2.75) is 44.6 Å². The Kier molecular flexibility index (Phi) is 2.38. The third-order valence-corrected chi connectivity index (χ3v) is 4.61.